The Morgan fingerprint density at radius 1 is 1.45 bits per heavy atom. The number of amides is 1. The molecular weight excluding hydrogens is 250 g/mol. The quantitative estimate of drug-likeness (QED) is 0.489. The van der Waals surface area contributed by atoms with Crippen LogP contribution in [0.3, 0.4) is 0 Å². The lowest BCUT2D eigenvalue weighted by Gasteiger charge is -2.54. The SMILES string of the molecule is C=C1CCC[C@]2(C)CC[C@@H](C(C)C)[C@H](NC(=O)C=O)[C@@H]12. The highest BCUT2D eigenvalue weighted by molar-refractivity contribution is 6.23. The number of carbonyl (C=O) groups excluding carboxylic acids is 2. The first-order valence-electron chi connectivity index (χ1n) is 7.82. The van der Waals surface area contributed by atoms with Gasteiger partial charge in [-0.15, -0.1) is 0 Å². The van der Waals surface area contributed by atoms with Gasteiger partial charge in [0.1, 0.15) is 0 Å². The van der Waals surface area contributed by atoms with Crippen LogP contribution in [0.15, 0.2) is 12.2 Å². The van der Waals surface area contributed by atoms with Crippen molar-refractivity contribution in [1.82, 2.24) is 5.32 Å². The lowest BCUT2D eigenvalue weighted by Crippen LogP contribution is -2.56. The number of carbonyl (C=O) groups is 2. The number of hydrogen-bond donors (Lipinski definition) is 1. The third-order valence-electron chi connectivity index (χ3n) is 5.58. The van der Waals surface area contributed by atoms with Crippen LogP contribution in [0.4, 0.5) is 0 Å². The van der Waals surface area contributed by atoms with Gasteiger partial charge in [0.25, 0.3) is 5.91 Å². The molecule has 0 unspecified atom stereocenters. The van der Waals surface area contributed by atoms with Crippen LogP contribution in [-0.4, -0.2) is 18.2 Å². The van der Waals surface area contributed by atoms with Gasteiger partial charge in [0.05, 0.1) is 0 Å². The summed E-state index contributed by atoms with van der Waals surface area (Å²) in [6, 6.07) is 0.0687. The molecule has 2 fully saturated rings. The van der Waals surface area contributed by atoms with Crippen LogP contribution in [0.2, 0.25) is 0 Å². The Morgan fingerprint density at radius 2 is 2.15 bits per heavy atom. The molecule has 0 radical (unpaired) electrons. The summed E-state index contributed by atoms with van der Waals surface area (Å²) in [7, 11) is 0. The Balaban J connectivity index is 2.32. The molecule has 4 atom stereocenters. The fourth-order valence-electron chi connectivity index (χ4n) is 4.55. The van der Waals surface area contributed by atoms with Gasteiger partial charge >= 0.3 is 0 Å². The van der Waals surface area contributed by atoms with Crippen LogP contribution in [0, 0.1) is 23.2 Å². The van der Waals surface area contributed by atoms with Crippen molar-refractivity contribution in [2.24, 2.45) is 23.2 Å². The van der Waals surface area contributed by atoms with E-state index in [-0.39, 0.29) is 11.5 Å². The van der Waals surface area contributed by atoms with Crippen LogP contribution in [0.5, 0.6) is 0 Å². The molecule has 20 heavy (non-hydrogen) atoms. The Morgan fingerprint density at radius 3 is 2.75 bits per heavy atom. The summed E-state index contributed by atoms with van der Waals surface area (Å²) < 4.78 is 0. The minimum atomic E-state index is -0.483. The van der Waals surface area contributed by atoms with Crippen molar-refractivity contribution in [3.63, 3.8) is 0 Å². The van der Waals surface area contributed by atoms with E-state index < -0.39 is 5.91 Å². The van der Waals surface area contributed by atoms with Crippen molar-refractivity contribution in [2.45, 2.75) is 58.9 Å². The molecule has 2 saturated carbocycles. The third kappa shape index (κ3) is 2.68. The fraction of sp³-hybridized carbons (Fsp3) is 0.765. The Labute approximate surface area is 122 Å². The van der Waals surface area contributed by atoms with E-state index in [9.17, 15) is 9.59 Å². The minimum Gasteiger partial charge on any atom is -0.346 e. The topological polar surface area (TPSA) is 46.2 Å². The molecule has 3 heteroatoms. The van der Waals surface area contributed by atoms with Gasteiger partial charge in [0.15, 0.2) is 0 Å². The maximum absolute atomic E-state index is 11.6. The molecule has 0 bridgehead atoms. The predicted octanol–water partition coefficient (Wildman–Crippen LogP) is 3.10. The summed E-state index contributed by atoms with van der Waals surface area (Å²) in [5.41, 5.74) is 1.50. The lowest BCUT2D eigenvalue weighted by atomic mass is 9.53. The Kier molecular flexibility index (Phi) is 4.36. The van der Waals surface area contributed by atoms with Crippen LogP contribution in [0.1, 0.15) is 52.9 Å². The highest BCUT2D eigenvalue weighted by Crippen LogP contribution is 2.54. The summed E-state index contributed by atoms with van der Waals surface area (Å²) in [6.07, 6.45) is 6.18. The van der Waals surface area contributed by atoms with E-state index in [2.05, 4.69) is 32.7 Å². The highest BCUT2D eigenvalue weighted by atomic mass is 16.2. The van der Waals surface area contributed by atoms with Gasteiger partial charge < -0.3 is 5.32 Å². The fourth-order valence-corrected chi connectivity index (χ4v) is 4.55. The lowest BCUT2D eigenvalue weighted by molar-refractivity contribution is -0.133. The van der Waals surface area contributed by atoms with Crippen molar-refractivity contribution < 1.29 is 9.59 Å². The molecule has 2 aliphatic carbocycles. The van der Waals surface area contributed by atoms with E-state index >= 15 is 0 Å². The summed E-state index contributed by atoms with van der Waals surface area (Å²) >= 11 is 0. The Bertz CT molecular complexity index is 415. The number of nitrogens with one attached hydrogen (secondary N) is 1. The van der Waals surface area contributed by atoms with E-state index in [1.165, 1.54) is 24.8 Å². The second-order valence-electron chi connectivity index (χ2n) is 7.24. The summed E-state index contributed by atoms with van der Waals surface area (Å²) in [5.74, 6) is 0.780. The van der Waals surface area contributed by atoms with Gasteiger partial charge in [-0.05, 0) is 49.4 Å². The summed E-state index contributed by atoms with van der Waals surface area (Å²) in [4.78, 5) is 22.4. The number of rotatable bonds is 3. The van der Waals surface area contributed by atoms with Gasteiger partial charge in [0.2, 0.25) is 6.29 Å². The standard InChI is InChI=1S/C17H27NO2/c1-11(2)13-7-9-17(4)8-5-6-12(3)15(17)16(13)18-14(20)10-19/h10-11,13,15-16H,3,5-9H2,1-2,4H3,(H,18,20)/t13-,15+,16-,17+/m0/s1. The molecule has 1 N–H and O–H groups in total. The molecule has 0 saturated heterocycles. The van der Waals surface area contributed by atoms with Gasteiger partial charge in [0, 0.05) is 12.0 Å². The average Bonchev–Trinajstić information content (AvgIpc) is 2.37. The van der Waals surface area contributed by atoms with Crippen molar-refractivity contribution in [2.75, 3.05) is 0 Å². The number of aldehydes is 1. The monoisotopic (exact) mass is 277 g/mol. The first-order valence-corrected chi connectivity index (χ1v) is 7.82. The first kappa shape index (κ1) is 15.3. The van der Waals surface area contributed by atoms with Gasteiger partial charge in [-0.1, -0.05) is 32.9 Å². The van der Waals surface area contributed by atoms with E-state index in [0.717, 1.165) is 12.8 Å². The smallest absolute Gasteiger partial charge is 0.284 e. The van der Waals surface area contributed by atoms with Crippen molar-refractivity contribution in [1.29, 1.82) is 0 Å². The zero-order valence-electron chi connectivity index (χ0n) is 12.9. The maximum atomic E-state index is 11.6. The molecule has 0 spiro atoms. The minimum absolute atomic E-state index is 0.0687. The molecule has 0 heterocycles. The molecule has 3 nitrogen and oxygen atoms in total. The number of hydrogen-bond acceptors (Lipinski definition) is 2. The van der Waals surface area contributed by atoms with E-state index in [4.69, 9.17) is 0 Å². The Hall–Kier alpha value is -1.12. The summed E-state index contributed by atoms with van der Waals surface area (Å²) in [5, 5.41) is 2.99. The largest absolute Gasteiger partial charge is 0.346 e. The highest BCUT2D eigenvalue weighted by Gasteiger charge is 2.49. The van der Waals surface area contributed by atoms with Crippen LogP contribution >= 0.6 is 0 Å². The molecule has 1 amide bonds. The second-order valence-corrected chi connectivity index (χ2v) is 7.24. The van der Waals surface area contributed by atoms with E-state index in [0.29, 0.717) is 24.0 Å². The first-order chi connectivity index (χ1) is 9.39. The van der Waals surface area contributed by atoms with Gasteiger partial charge in [-0.3, -0.25) is 9.59 Å². The van der Waals surface area contributed by atoms with E-state index in [1.54, 1.807) is 0 Å². The molecule has 0 aromatic heterocycles. The van der Waals surface area contributed by atoms with Gasteiger partial charge in [-0.2, -0.15) is 0 Å². The molecule has 0 aliphatic heterocycles. The van der Waals surface area contributed by atoms with E-state index in [1.807, 2.05) is 0 Å². The molecule has 112 valence electrons. The van der Waals surface area contributed by atoms with Crippen molar-refractivity contribution in [3.8, 4) is 0 Å². The van der Waals surface area contributed by atoms with Crippen molar-refractivity contribution in [3.05, 3.63) is 12.2 Å². The molecular formula is C17H27NO2. The summed E-state index contributed by atoms with van der Waals surface area (Å²) in [6.45, 7) is 11.0. The maximum Gasteiger partial charge on any atom is 0.284 e. The molecule has 0 aromatic rings. The predicted molar refractivity (Wildman–Crippen MR) is 80.1 cm³/mol. The second kappa shape index (κ2) is 5.71. The molecule has 2 aliphatic rings. The average molecular weight is 277 g/mol. The zero-order chi connectivity index (χ0) is 14.9. The van der Waals surface area contributed by atoms with Crippen LogP contribution < -0.4 is 5.32 Å². The third-order valence-corrected chi connectivity index (χ3v) is 5.58. The van der Waals surface area contributed by atoms with Crippen molar-refractivity contribution >= 4 is 12.2 Å². The van der Waals surface area contributed by atoms with Gasteiger partial charge in [-0.25, -0.2) is 0 Å². The normalized spacial score (nSPS) is 37.4. The van der Waals surface area contributed by atoms with Crippen LogP contribution in [0.25, 0.3) is 0 Å². The number of fused-ring (bicyclic) bond motifs is 1. The van der Waals surface area contributed by atoms with Crippen LogP contribution in [-0.2, 0) is 9.59 Å². The zero-order valence-corrected chi connectivity index (χ0v) is 12.9. The molecule has 2 rings (SSSR count). The molecule has 0 aromatic carbocycles.